The molecular formula is C18H18FN3O4. The molecule has 26 heavy (non-hydrogen) atoms. The van der Waals surface area contributed by atoms with Gasteiger partial charge < -0.3 is 15.2 Å². The van der Waals surface area contributed by atoms with Crippen LogP contribution in [0.15, 0.2) is 47.6 Å². The molecule has 3 N–H and O–H groups in total. The zero-order chi connectivity index (χ0) is 18.9. The molecule has 0 aliphatic carbocycles. The molecule has 7 nitrogen and oxygen atoms in total. The van der Waals surface area contributed by atoms with E-state index in [0.29, 0.717) is 23.7 Å². The quantitative estimate of drug-likeness (QED) is 0.554. The van der Waals surface area contributed by atoms with Crippen molar-refractivity contribution in [2.24, 2.45) is 10.8 Å². The fourth-order valence-electron chi connectivity index (χ4n) is 1.97. The maximum Gasteiger partial charge on any atom is 0.271 e. The highest BCUT2D eigenvalue weighted by molar-refractivity contribution is 5.94. The summed E-state index contributed by atoms with van der Waals surface area (Å²) in [7, 11) is 0. The van der Waals surface area contributed by atoms with Crippen LogP contribution in [-0.2, 0) is 4.79 Å². The number of amides is 2. The van der Waals surface area contributed by atoms with Crippen molar-refractivity contribution in [2.75, 3.05) is 13.2 Å². The third kappa shape index (κ3) is 5.59. The summed E-state index contributed by atoms with van der Waals surface area (Å²) in [5, 5.41) is 3.86. The Kier molecular flexibility index (Phi) is 6.67. The van der Waals surface area contributed by atoms with E-state index in [2.05, 4.69) is 10.5 Å². The zero-order valence-electron chi connectivity index (χ0n) is 14.1. The monoisotopic (exact) mass is 359 g/mol. The van der Waals surface area contributed by atoms with Crippen molar-refractivity contribution in [3.63, 3.8) is 0 Å². The van der Waals surface area contributed by atoms with Crippen LogP contribution in [0.3, 0.4) is 0 Å². The van der Waals surface area contributed by atoms with Gasteiger partial charge >= 0.3 is 0 Å². The standard InChI is InChI=1S/C18H18FN3O4/c1-2-25-16-9-12(3-8-15(16)26-11-17(20)23)10-21-22-18(24)13-4-6-14(19)7-5-13/h3-10H,2,11H2,1H3,(H2,20,23)(H,22,24)/b21-10-. The average molecular weight is 359 g/mol. The van der Waals surface area contributed by atoms with Crippen LogP contribution < -0.4 is 20.6 Å². The smallest absolute Gasteiger partial charge is 0.271 e. The van der Waals surface area contributed by atoms with Gasteiger partial charge in [0.15, 0.2) is 18.1 Å². The summed E-state index contributed by atoms with van der Waals surface area (Å²) in [5.74, 6) is -0.692. The van der Waals surface area contributed by atoms with Crippen LogP contribution in [0, 0.1) is 5.82 Å². The number of carbonyl (C=O) groups is 2. The molecule has 2 rings (SSSR count). The van der Waals surface area contributed by atoms with Gasteiger partial charge in [0.25, 0.3) is 11.8 Å². The number of carbonyl (C=O) groups excluding carboxylic acids is 2. The number of ether oxygens (including phenoxy) is 2. The second-order valence-electron chi connectivity index (χ2n) is 5.10. The molecule has 8 heteroatoms. The topological polar surface area (TPSA) is 103 Å². The van der Waals surface area contributed by atoms with Gasteiger partial charge in [-0.2, -0.15) is 5.10 Å². The lowest BCUT2D eigenvalue weighted by Gasteiger charge is -2.11. The molecule has 0 aliphatic heterocycles. The van der Waals surface area contributed by atoms with Gasteiger partial charge in [-0.3, -0.25) is 9.59 Å². The predicted molar refractivity (Wildman–Crippen MR) is 93.8 cm³/mol. The summed E-state index contributed by atoms with van der Waals surface area (Å²) in [5.41, 5.74) is 8.33. The van der Waals surface area contributed by atoms with Gasteiger partial charge in [-0.25, -0.2) is 9.82 Å². The highest BCUT2D eigenvalue weighted by Crippen LogP contribution is 2.28. The Morgan fingerprint density at radius 1 is 1.15 bits per heavy atom. The van der Waals surface area contributed by atoms with Gasteiger partial charge in [-0.15, -0.1) is 0 Å². The molecule has 2 aromatic rings. The van der Waals surface area contributed by atoms with Crippen molar-refractivity contribution in [2.45, 2.75) is 6.92 Å². The van der Waals surface area contributed by atoms with Crippen LogP contribution in [0.2, 0.25) is 0 Å². The fourth-order valence-corrected chi connectivity index (χ4v) is 1.97. The highest BCUT2D eigenvalue weighted by Gasteiger charge is 2.08. The van der Waals surface area contributed by atoms with Crippen LogP contribution in [0.25, 0.3) is 0 Å². The first-order valence-corrected chi connectivity index (χ1v) is 7.76. The van der Waals surface area contributed by atoms with E-state index in [1.807, 2.05) is 6.92 Å². The van der Waals surface area contributed by atoms with Crippen molar-refractivity contribution in [1.29, 1.82) is 0 Å². The van der Waals surface area contributed by atoms with E-state index in [1.54, 1.807) is 18.2 Å². The Morgan fingerprint density at radius 3 is 2.54 bits per heavy atom. The van der Waals surface area contributed by atoms with Crippen LogP contribution in [0.4, 0.5) is 4.39 Å². The zero-order valence-corrected chi connectivity index (χ0v) is 14.1. The van der Waals surface area contributed by atoms with Crippen LogP contribution >= 0.6 is 0 Å². The molecule has 0 aliphatic rings. The largest absolute Gasteiger partial charge is 0.490 e. The van der Waals surface area contributed by atoms with E-state index >= 15 is 0 Å². The van der Waals surface area contributed by atoms with Gasteiger partial charge in [0.05, 0.1) is 12.8 Å². The first-order valence-electron chi connectivity index (χ1n) is 7.76. The SMILES string of the molecule is CCOc1cc(/C=N\NC(=O)c2ccc(F)cc2)ccc1OCC(N)=O. The van der Waals surface area contributed by atoms with Crippen molar-refractivity contribution in [3.8, 4) is 11.5 Å². The lowest BCUT2D eigenvalue weighted by molar-refractivity contribution is -0.119. The maximum absolute atomic E-state index is 12.8. The number of halogens is 1. The van der Waals surface area contributed by atoms with Gasteiger partial charge in [0, 0.05) is 5.56 Å². The number of benzene rings is 2. The minimum atomic E-state index is -0.596. The average Bonchev–Trinajstić information content (AvgIpc) is 2.61. The minimum Gasteiger partial charge on any atom is -0.490 e. The van der Waals surface area contributed by atoms with Crippen LogP contribution in [0.5, 0.6) is 11.5 Å². The minimum absolute atomic E-state index is 0.263. The normalized spacial score (nSPS) is 10.5. The molecule has 136 valence electrons. The van der Waals surface area contributed by atoms with E-state index in [4.69, 9.17) is 15.2 Å². The number of primary amides is 1. The lowest BCUT2D eigenvalue weighted by Crippen LogP contribution is -2.20. The second-order valence-corrected chi connectivity index (χ2v) is 5.10. The van der Waals surface area contributed by atoms with Crippen molar-refractivity contribution < 1.29 is 23.5 Å². The number of nitrogens with zero attached hydrogens (tertiary/aromatic N) is 1. The Morgan fingerprint density at radius 2 is 1.88 bits per heavy atom. The maximum atomic E-state index is 12.8. The summed E-state index contributed by atoms with van der Waals surface area (Å²) in [6.07, 6.45) is 1.42. The molecule has 2 amide bonds. The molecule has 0 unspecified atom stereocenters. The van der Waals surface area contributed by atoms with E-state index in [9.17, 15) is 14.0 Å². The Bertz CT molecular complexity index is 807. The predicted octanol–water partition coefficient (Wildman–Crippen LogP) is 1.85. The third-order valence-corrected chi connectivity index (χ3v) is 3.12. The Hall–Kier alpha value is -3.42. The van der Waals surface area contributed by atoms with Crippen LogP contribution in [0.1, 0.15) is 22.8 Å². The lowest BCUT2D eigenvalue weighted by atomic mass is 10.2. The van der Waals surface area contributed by atoms with Crippen molar-refractivity contribution in [1.82, 2.24) is 5.43 Å². The molecule has 0 atom stereocenters. The van der Waals surface area contributed by atoms with Gasteiger partial charge in [0.2, 0.25) is 0 Å². The molecule has 2 aromatic carbocycles. The Balaban J connectivity index is 2.04. The third-order valence-electron chi connectivity index (χ3n) is 3.12. The molecule has 0 bridgehead atoms. The van der Waals surface area contributed by atoms with E-state index in [0.717, 1.165) is 0 Å². The summed E-state index contributed by atoms with van der Waals surface area (Å²) >= 11 is 0. The van der Waals surface area contributed by atoms with E-state index < -0.39 is 17.6 Å². The summed E-state index contributed by atoms with van der Waals surface area (Å²) in [4.78, 5) is 22.7. The molecular weight excluding hydrogens is 341 g/mol. The van der Waals surface area contributed by atoms with Crippen molar-refractivity contribution >= 4 is 18.0 Å². The fraction of sp³-hybridized carbons (Fsp3) is 0.167. The van der Waals surface area contributed by atoms with Crippen LogP contribution in [-0.4, -0.2) is 31.2 Å². The van der Waals surface area contributed by atoms with E-state index in [1.165, 1.54) is 30.5 Å². The number of hydrogen-bond acceptors (Lipinski definition) is 5. The number of hydrogen-bond donors (Lipinski definition) is 2. The Labute approximate surface area is 149 Å². The highest BCUT2D eigenvalue weighted by atomic mass is 19.1. The van der Waals surface area contributed by atoms with Gasteiger partial charge in [-0.05, 0) is 55.0 Å². The van der Waals surface area contributed by atoms with Gasteiger partial charge in [0.1, 0.15) is 5.82 Å². The number of nitrogens with one attached hydrogen (secondary N) is 1. The summed E-state index contributed by atoms with van der Waals surface area (Å²) in [6.45, 7) is 1.94. The first kappa shape index (κ1) is 18.9. The molecule has 0 saturated heterocycles. The molecule has 0 aromatic heterocycles. The number of rotatable bonds is 8. The molecule has 0 spiro atoms. The molecule has 0 fully saturated rings. The summed E-state index contributed by atoms with van der Waals surface area (Å²) < 4.78 is 23.6. The van der Waals surface area contributed by atoms with E-state index in [-0.39, 0.29) is 12.2 Å². The second kappa shape index (κ2) is 9.16. The molecule has 0 radical (unpaired) electrons. The number of hydrazone groups is 1. The van der Waals surface area contributed by atoms with Crippen molar-refractivity contribution in [3.05, 3.63) is 59.4 Å². The first-order chi connectivity index (χ1) is 12.5. The number of nitrogens with two attached hydrogens (primary N) is 1. The molecule has 0 saturated carbocycles. The molecule has 0 heterocycles. The summed E-state index contributed by atoms with van der Waals surface area (Å²) in [6, 6.07) is 10.0. The van der Waals surface area contributed by atoms with Gasteiger partial charge in [-0.1, -0.05) is 0 Å².